The Hall–Kier alpha value is -0.510. The summed E-state index contributed by atoms with van der Waals surface area (Å²) in [7, 11) is 0. The molecule has 2 aromatic rings. The Morgan fingerprint density at radius 1 is 1.27 bits per heavy atom. The smallest absolute Gasteiger partial charge is 0.0886 e. The van der Waals surface area contributed by atoms with Gasteiger partial charge in [0.15, 0.2) is 0 Å². The fourth-order valence-corrected chi connectivity index (χ4v) is 2.39. The number of rotatable bonds is 1. The Morgan fingerprint density at radius 3 is 2.82 bits per heavy atom. The standard InChI is InChI=1S/C8H6OS2/c9-11-8-5-6-3-1-2-4-7(6)10-8/h1-5,9H. The van der Waals surface area contributed by atoms with E-state index in [-0.39, 0.29) is 0 Å². The highest BCUT2D eigenvalue weighted by atomic mass is 32.2. The molecule has 0 aliphatic heterocycles. The van der Waals surface area contributed by atoms with Crippen molar-refractivity contribution in [3.8, 4) is 0 Å². The number of hydrogen-bond acceptors (Lipinski definition) is 3. The molecule has 3 heteroatoms. The molecule has 0 atom stereocenters. The van der Waals surface area contributed by atoms with Crippen LogP contribution in [0, 0.1) is 0 Å². The summed E-state index contributed by atoms with van der Waals surface area (Å²) in [4.78, 5) is 0. The Morgan fingerprint density at radius 2 is 2.09 bits per heavy atom. The van der Waals surface area contributed by atoms with Gasteiger partial charge in [0.2, 0.25) is 0 Å². The fourth-order valence-electron chi connectivity index (χ4n) is 1.00. The average Bonchev–Trinajstić information content (AvgIpc) is 2.46. The van der Waals surface area contributed by atoms with E-state index in [1.54, 1.807) is 11.3 Å². The van der Waals surface area contributed by atoms with E-state index in [0.717, 1.165) is 16.3 Å². The summed E-state index contributed by atoms with van der Waals surface area (Å²) in [6, 6.07) is 10.1. The number of fused-ring (bicyclic) bond motifs is 1. The average molecular weight is 182 g/mol. The zero-order valence-corrected chi connectivity index (χ0v) is 7.28. The van der Waals surface area contributed by atoms with Crippen molar-refractivity contribution in [3.05, 3.63) is 30.3 Å². The first-order valence-electron chi connectivity index (χ1n) is 3.20. The van der Waals surface area contributed by atoms with Gasteiger partial charge in [0, 0.05) is 16.7 Å². The Labute approximate surface area is 72.9 Å². The topological polar surface area (TPSA) is 20.2 Å². The third-order valence-electron chi connectivity index (χ3n) is 1.49. The molecule has 0 saturated heterocycles. The molecule has 0 aliphatic rings. The van der Waals surface area contributed by atoms with Crippen LogP contribution in [0.4, 0.5) is 0 Å². The highest BCUT2D eigenvalue weighted by Crippen LogP contribution is 2.30. The van der Waals surface area contributed by atoms with Crippen LogP contribution in [0.5, 0.6) is 0 Å². The minimum Gasteiger partial charge on any atom is -0.325 e. The van der Waals surface area contributed by atoms with E-state index >= 15 is 0 Å². The zero-order chi connectivity index (χ0) is 7.68. The molecule has 0 radical (unpaired) electrons. The predicted molar refractivity (Wildman–Crippen MR) is 50.3 cm³/mol. The molecule has 1 aromatic carbocycles. The van der Waals surface area contributed by atoms with E-state index in [1.807, 2.05) is 24.3 Å². The van der Waals surface area contributed by atoms with E-state index in [2.05, 4.69) is 6.07 Å². The first kappa shape index (κ1) is 7.16. The van der Waals surface area contributed by atoms with E-state index in [0.29, 0.717) is 0 Å². The molecular weight excluding hydrogens is 176 g/mol. The summed E-state index contributed by atoms with van der Waals surface area (Å²) in [5.41, 5.74) is 0. The van der Waals surface area contributed by atoms with Crippen molar-refractivity contribution in [2.24, 2.45) is 0 Å². The highest BCUT2D eigenvalue weighted by Gasteiger charge is 1.98. The lowest BCUT2D eigenvalue weighted by atomic mass is 10.3. The van der Waals surface area contributed by atoms with E-state index in [9.17, 15) is 0 Å². The maximum atomic E-state index is 8.77. The van der Waals surface area contributed by atoms with Gasteiger partial charge < -0.3 is 4.55 Å². The molecule has 1 N–H and O–H groups in total. The van der Waals surface area contributed by atoms with Gasteiger partial charge in [0.1, 0.15) is 0 Å². The quantitative estimate of drug-likeness (QED) is 0.681. The molecule has 0 unspecified atom stereocenters. The Kier molecular flexibility index (Phi) is 1.85. The minimum absolute atomic E-state index is 0.813. The third kappa shape index (κ3) is 1.27. The van der Waals surface area contributed by atoms with Crippen LogP contribution in [-0.2, 0) is 0 Å². The van der Waals surface area contributed by atoms with Crippen molar-refractivity contribution in [2.45, 2.75) is 4.21 Å². The van der Waals surface area contributed by atoms with Gasteiger partial charge in [0.05, 0.1) is 4.21 Å². The number of benzene rings is 1. The molecular formula is C8H6OS2. The van der Waals surface area contributed by atoms with E-state index in [1.165, 1.54) is 10.1 Å². The third-order valence-corrected chi connectivity index (χ3v) is 3.18. The van der Waals surface area contributed by atoms with Crippen LogP contribution in [0.3, 0.4) is 0 Å². The van der Waals surface area contributed by atoms with Gasteiger partial charge in [0.25, 0.3) is 0 Å². The van der Waals surface area contributed by atoms with Crippen molar-refractivity contribution < 1.29 is 4.55 Å². The molecule has 2 rings (SSSR count). The fraction of sp³-hybridized carbons (Fsp3) is 0. The summed E-state index contributed by atoms with van der Waals surface area (Å²) < 4.78 is 10.9. The van der Waals surface area contributed by atoms with Crippen LogP contribution in [0.15, 0.2) is 34.5 Å². The first-order chi connectivity index (χ1) is 5.40. The molecule has 0 aliphatic carbocycles. The van der Waals surface area contributed by atoms with Crippen molar-refractivity contribution in [1.29, 1.82) is 0 Å². The van der Waals surface area contributed by atoms with Crippen molar-refractivity contribution in [2.75, 3.05) is 0 Å². The molecule has 56 valence electrons. The zero-order valence-electron chi connectivity index (χ0n) is 5.65. The van der Waals surface area contributed by atoms with Crippen LogP contribution >= 0.6 is 23.4 Å². The molecule has 0 spiro atoms. The molecule has 0 amide bonds. The molecule has 0 bridgehead atoms. The monoisotopic (exact) mass is 182 g/mol. The van der Waals surface area contributed by atoms with Gasteiger partial charge in [-0.25, -0.2) is 0 Å². The summed E-state index contributed by atoms with van der Waals surface area (Å²) >= 11 is 2.42. The van der Waals surface area contributed by atoms with Crippen LogP contribution < -0.4 is 0 Å². The van der Waals surface area contributed by atoms with Crippen molar-refractivity contribution >= 4 is 33.5 Å². The second-order valence-electron chi connectivity index (χ2n) is 2.19. The summed E-state index contributed by atoms with van der Waals surface area (Å²) in [6.07, 6.45) is 0. The summed E-state index contributed by atoms with van der Waals surface area (Å²) in [5.74, 6) is 0. The van der Waals surface area contributed by atoms with Gasteiger partial charge in [-0.1, -0.05) is 18.2 Å². The van der Waals surface area contributed by atoms with Crippen molar-refractivity contribution in [3.63, 3.8) is 0 Å². The van der Waals surface area contributed by atoms with Crippen LogP contribution in [-0.4, -0.2) is 4.55 Å². The maximum absolute atomic E-state index is 8.77. The predicted octanol–water partition coefficient (Wildman–Crippen LogP) is 3.47. The Balaban J connectivity index is 2.69. The van der Waals surface area contributed by atoms with Crippen LogP contribution in [0.1, 0.15) is 0 Å². The molecule has 0 fully saturated rings. The van der Waals surface area contributed by atoms with Gasteiger partial charge in [-0.3, -0.25) is 0 Å². The SMILES string of the molecule is OSc1cc2ccccc2s1. The summed E-state index contributed by atoms with van der Waals surface area (Å²) in [6.45, 7) is 0. The molecule has 1 aromatic heterocycles. The van der Waals surface area contributed by atoms with Gasteiger partial charge in [-0.05, 0) is 17.5 Å². The largest absolute Gasteiger partial charge is 0.325 e. The lowest BCUT2D eigenvalue weighted by Gasteiger charge is -1.82. The van der Waals surface area contributed by atoms with Gasteiger partial charge >= 0.3 is 0 Å². The highest BCUT2D eigenvalue weighted by molar-refractivity contribution is 7.95. The number of hydrogen-bond donors (Lipinski definition) is 1. The molecule has 1 heterocycles. The van der Waals surface area contributed by atoms with E-state index in [4.69, 9.17) is 4.55 Å². The lowest BCUT2D eigenvalue weighted by molar-refractivity contribution is 0.665. The summed E-state index contributed by atoms with van der Waals surface area (Å²) in [5, 5.41) is 1.20. The normalized spacial score (nSPS) is 10.6. The maximum Gasteiger partial charge on any atom is 0.0886 e. The second-order valence-corrected chi connectivity index (χ2v) is 4.16. The van der Waals surface area contributed by atoms with Gasteiger partial charge in [-0.2, -0.15) is 0 Å². The first-order valence-corrected chi connectivity index (χ1v) is 4.79. The van der Waals surface area contributed by atoms with Gasteiger partial charge in [-0.15, -0.1) is 11.3 Å². The van der Waals surface area contributed by atoms with Crippen LogP contribution in [0.25, 0.3) is 10.1 Å². The van der Waals surface area contributed by atoms with Crippen molar-refractivity contribution in [1.82, 2.24) is 0 Å². The number of thiophene rings is 1. The second kappa shape index (κ2) is 2.85. The van der Waals surface area contributed by atoms with E-state index < -0.39 is 0 Å². The molecule has 1 nitrogen and oxygen atoms in total. The van der Waals surface area contributed by atoms with Crippen LogP contribution in [0.2, 0.25) is 0 Å². The lowest BCUT2D eigenvalue weighted by Crippen LogP contribution is -1.56. The minimum atomic E-state index is 0.813. The Bertz CT molecular complexity index is 334. The molecule has 0 saturated carbocycles. The molecule has 11 heavy (non-hydrogen) atoms.